The third-order valence-electron chi connectivity index (χ3n) is 3.24. The number of hydrogen-bond acceptors (Lipinski definition) is 4. The first-order chi connectivity index (χ1) is 9.52. The molecule has 1 atom stereocenters. The Morgan fingerprint density at radius 2 is 2.20 bits per heavy atom. The number of pyridine rings is 1. The van der Waals surface area contributed by atoms with Gasteiger partial charge in [0.05, 0.1) is 6.61 Å². The van der Waals surface area contributed by atoms with Crippen LogP contribution in [0, 0.1) is 11.8 Å². The second kappa shape index (κ2) is 8.97. The minimum Gasteiger partial charge on any atom is -0.396 e. The zero-order valence-corrected chi connectivity index (χ0v) is 13.2. The van der Waals surface area contributed by atoms with Crippen molar-refractivity contribution in [3.05, 3.63) is 23.9 Å². The molecule has 0 radical (unpaired) electrons. The molecular formula is C15H24N2O2S. The van der Waals surface area contributed by atoms with E-state index in [2.05, 4.69) is 31.1 Å². The van der Waals surface area contributed by atoms with E-state index >= 15 is 0 Å². The van der Waals surface area contributed by atoms with Crippen LogP contribution in [0.1, 0.15) is 32.8 Å². The van der Waals surface area contributed by atoms with Crippen LogP contribution in [0.3, 0.4) is 0 Å². The van der Waals surface area contributed by atoms with Crippen LogP contribution in [0.25, 0.3) is 0 Å². The summed E-state index contributed by atoms with van der Waals surface area (Å²) in [5.74, 6) is 3.00. The van der Waals surface area contributed by atoms with Gasteiger partial charge >= 0.3 is 0 Å². The van der Waals surface area contributed by atoms with Gasteiger partial charge in [-0.3, -0.25) is 4.79 Å². The fourth-order valence-corrected chi connectivity index (χ4v) is 2.30. The molecule has 20 heavy (non-hydrogen) atoms. The lowest BCUT2D eigenvalue weighted by Gasteiger charge is -2.14. The number of nitrogens with zero attached hydrogens (tertiary/aromatic N) is 1. The average Bonchev–Trinajstić information content (AvgIpc) is 2.39. The molecule has 0 spiro atoms. The SMILES string of the molecule is CC(C)C(C)CC(=O)Nc1cc(CSCCO)ccn1. The number of thioether (sulfide) groups is 1. The smallest absolute Gasteiger partial charge is 0.225 e. The molecule has 0 aromatic carbocycles. The van der Waals surface area contributed by atoms with Crippen molar-refractivity contribution in [3.63, 3.8) is 0 Å². The van der Waals surface area contributed by atoms with E-state index < -0.39 is 0 Å². The second-order valence-corrected chi connectivity index (χ2v) is 6.40. The van der Waals surface area contributed by atoms with Crippen molar-refractivity contribution in [2.75, 3.05) is 17.7 Å². The second-order valence-electron chi connectivity index (χ2n) is 5.30. The minimum atomic E-state index is 0.0128. The lowest BCUT2D eigenvalue weighted by Crippen LogP contribution is -2.18. The molecule has 1 aromatic rings. The number of aromatic nitrogens is 1. The first-order valence-electron chi connectivity index (χ1n) is 6.96. The molecule has 1 heterocycles. The van der Waals surface area contributed by atoms with Crippen LogP contribution in [0.5, 0.6) is 0 Å². The number of nitrogens with one attached hydrogen (secondary N) is 1. The maximum Gasteiger partial charge on any atom is 0.225 e. The Balaban J connectivity index is 2.50. The first kappa shape index (κ1) is 17.0. The van der Waals surface area contributed by atoms with Crippen molar-refractivity contribution >= 4 is 23.5 Å². The summed E-state index contributed by atoms with van der Waals surface area (Å²) in [5.41, 5.74) is 1.10. The molecule has 4 nitrogen and oxygen atoms in total. The number of anilines is 1. The van der Waals surface area contributed by atoms with Crippen molar-refractivity contribution in [2.24, 2.45) is 11.8 Å². The summed E-state index contributed by atoms with van der Waals surface area (Å²) in [6.45, 7) is 6.51. The Bertz CT molecular complexity index is 424. The summed E-state index contributed by atoms with van der Waals surface area (Å²) in [4.78, 5) is 16.1. The van der Waals surface area contributed by atoms with Gasteiger partial charge in [-0.05, 0) is 29.5 Å². The number of hydrogen-bond donors (Lipinski definition) is 2. The molecule has 5 heteroatoms. The van der Waals surface area contributed by atoms with E-state index in [1.165, 1.54) is 0 Å². The maximum absolute atomic E-state index is 11.9. The highest BCUT2D eigenvalue weighted by atomic mass is 32.2. The van der Waals surface area contributed by atoms with Gasteiger partial charge in [0.2, 0.25) is 5.91 Å². The molecule has 1 unspecified atom stereocenters. The molecule has 112 valence electrons. The van der Waals surface area contributed by atoms with Crippen LogP contribution in [0.15, 0.2) is 18.3 Å². The molecule has 0 fully saturated rings. The summed E-state index contributed by atoms with van der Waals surface area (Å²) < 4.78 is 0. The molecule has 1 rings (SSSR count). The predicted molar refractivity (Wildman–Crippen MR) is 84.7 cm³/mol. The Morgan fingerprint density at radius 1 is 1.45 bits per heavy atom. The van der Waals surface area contributed by atoms with E-state index in [9.17, 15) is 4.79 Å². The highest BCUT2D eigenvalue weighted by Gasteiger charge is 2.13. The Kier molecular flexibility index (Phi) is 7.62. The van der Waals surface area contributed by atoms with Gasteiger partial charge in [0.25, 0.3) is 0 Å². The Labute approximate surface area is 125 Å². The predicted octanol–water partition coefficient (Wildman–Crippen LogP) is 2.93. The number of rotatable bonds is 8. The van der Waals surface area contributed by atoms with Crippen LogP contribution in [-0.2, 0) is 10.5 Å². The fourth-order valence-electron chi connectivity index (χ4n) is 1.61. The fraction of sp³-hybridized carbons (Fsp3) is 0.600. The Hall–Kier alpha value is -1.07. The van der Waals surface area contributed by atoms with Crippen molar-refractivity contribution in [2.45, 2.75) is 32.9 Å². The lowest BCUT2D eigenvalue weighted by atomic mass is 9.94. The highest BCUT2D eigenvalue weighted by molar-refractivity contribution is 7.98. The van der Waals surface area contributed by atoms with Crippen LogP contribution in [0.4, 0.5) is 5.82 Å². The summed E-state index contributed by atoms with van der Waals surface area (Å²) in [6.07, 6.45) is 2.22. The number of aliphatic hydroxyl groups is 1. The number of aliphatic hydroxyl groups excluding tert-OH is 1. The zero-order valence-electron chi connectivity index (χ0n) is 12.4. The number of carbonyl (C=O) groups is 1. The molecule has 0 saturated carbocycles. The lowest BCUT2D eigenvalue weighted by molar-refractivity contribution is -0.117. The molecule has 1 aromatic heterocycles. The van der Waals surface area contributed by atoms with E-state index in [1.807, 2.05) is 12.1 Å². The molecular weight excluding hydrogens is 272 g/mol. The van der Waals surface area contributed by atoms with Crippen molar-refractivity contribution < 1.29 is 9.90 Å². The monoisotopic (exact) mass is 296 g/mol. The van der Waals surface area contributed by atoms with Gasteiger partial charge in [0.15, 0.2) is 0 Å². The van der Waals surface area contributed by atoms with Crippen LogP contribution < -0.4 is 5.32 Å². The van der Waals surface area contributed by atoms with Crippen molar-refractivity contribution in [1.82, 2.24) is 4.98 Å². The maximum atomic E-state index is 11.9. The van der Waals surface area contributed by atoms with E-state index in [4.69, 9.17) is 5.11 Å². The van der Waals surface area contributed by atoms with Gasteiger partial charge in [0.1, 0.15) is 5.82 Å². The number of carbonyl (C=O) groups excluding carboxylic acids is 1. The van der Waals surface area contributed by atoms with Crippen LogP contribution in [-0.4, -0.2) is 28.4 Å². The first-order valence-corrected chi connectivity index (χ1v) is 8.11. The number of amides is 1. The summed E-state index contributed by atoms with van der Waals surface area (Å²) in [5, 5.41) is 11.6. The molecule has 0 saturated heterocycles. The Morgan fingerprint density at radius 3 is 2.85 bits per heavy atom. The molecule has 0 aliphatic heterocycles. The van der Waals surface area contributed by atoms with E-state index in [0.717, 1.165) is 17.1 Å². The van der Waals surface area contributed by atoms with Gasteiger partial charge in [-0.2, -0.15) is 11.8 Å². The topological polar surface area (TPSA) is 62.2 Å². The van der Waals surface area contributed by atoms with Gasteiger partial charge in [-0.15, -0.1) is 0 Å². The van der Waals surface area contributed by atoms with Crippen LogP contribution >= 0.6 is 11.8 Å². The normalized spacial score (nSPS) is 12.4. The standard InChI is InChI=1S/C15H24N2O2S/c1-11(2)12(3)8-15(19)17-14-9-13(4-5-16-14)10-20-7-6-18/h4-5,9,11-12,18H,6-8,10H2,1-3H3,(H,16,17,19). The average molecular weight is 296 g/mol. The summed E-state index contributed by atoms with van der Waals surface area (Å²) >= 11 is 1.66. The zero-order chi connectivity index (χ0) is 15.0. The molecule has 1 amide bonds. The van der Waals surface area contributed by atoms with Gasteiger partial charge < -0.3 is 10.4 Å². The van der Waals surface area contributed by atoms with Gasteiger partial charge in [-0.25, -0.2) is 4.98 Å². The molecule has 0 bridgehead atoms. The molecule has 2 N–H and O–H groups in total. The van der Waals surface area contributed by atoms with E-state index in [0.29, 0.717) is 24.1 Å². The molecule has 0 aliphatic carbocycles. The van der Waals surface area contributed by atoms with E-state index in [1.54, 1.807) is 18.0 Å². The highest BCUT2D eigenvalue weighted by Crippen LogP contribution is 2.17. The van der Waals surface area contributed by atoms with Gasteiger partial charge in [0, 0.05) is 24.1 Å². The molecule has 0 aliphatic rings. The quantitative estimate of drug-likeness (QED) is 0.724. The third kappa shape index (κ3) is 6.39. The van der Waals surface area contributed by atoms with Gasteiger partial charge in [-0.1, -0.05) is 20.8 Å². The third-order valence-corrected chi connectivity index (χ3v) is 4.25. The summed E-state index contributed by atoms with van der Waals surface area (Å²) in [6, 6.07) is 3.82. The minimum absolute atomic E-state index is 0.0128. The summed E-state index contributed by atoms with van der Waals surface area (Å²) in [7, 11) is 0. The van der Waals surface area contributed by atoms with Crippen LogP contribution in [0.2, 0.25) is 0 Å². The van der Waals surface area contributed by atoms with Crippen molar-refractivity contribution in [1.29, 1.82) is 0 Å². The largest absolute Gasteiger partial charge is 0.396 e. The van der Waals surface area contributed by atoms with Crippen molar-refractivity contribution in [3.8, 4) is 0 Å². The van der Waals surface area contributed by atoms with E-state index in [-0.39, 0.29) is 12.5 Å².